The Hall–Kier alpha value is -7.50. The zero-order valence-electron chi connectivity index (χ0n) is 29.4. The Balaban J connectivity index is 1.20. The molecule has 5 nitrogen and oxygen atoms in total. The van der Waals surface area contributed by atoms with Gasteiger partial charge in [0.25, 0.3) is 0 Å². The standard InChI is InChI=1S/C50H28N4O/c1-2-12-29(13-3-1)30-22-24-32(25-23-30)48-51-49(45-36-18-8-11-21-42(36)55-50(45)52-48)53-40-20-10-7-17-35(40)43-41(53)28-38-34-16-6-9-19-39(34)54-46-33-15-5-4-14-31(33)26-27-37(46)44(43)47(38)54/h1-28H. The summed E-state index contributed by atoms with van der Waals surface area (Å²) in [6.07, 6.45) is 0. The van der Waals surface area contributed by atoms with Gasteiger partial charge in [0.05, 0.1) is 33.0 Å². The van der Waals surface area contributed by atoms with E-state index in [0.29, 0.717) is 11.5 Å². The van der Waals surface area contributed by atoms with Gasteiger partial charge in [-0.05, 0) is 40.8 Å². The number of furan rings is 1. The lowest BCUT2D eigenvalue weighted by molar-refractivity contribution is 0.653. The Labute approximate surface area is 313 Å². The van der Waals surface area contributed by atoms with Crippen molar-refractivity contribution >= 4 is 92.7 Å². The molecule has 13 aromatic rings. The minimum Gasteiger partial charge on any atom is -0.437 e. The maximum atomic E-state index is 6.56. The van der Waals surface area contributed by atoms with Crippen molar-refractivity contribution in [1.29, 1.82) is 0 Å². The van der Waals surface area contributed by atoms with Crippen LogP contribution in [0.3, 0.4) is 0 Å². The predicted molar refractivity (Wildman–Crippen MR) is 227 cm³/mol. The molecule has 5 heterocycles. The van der Waals surface area contributed by atoms with Gasteiger partial charge in [-0.3, -0.25) is 4.57 Å². The van der Waals surface area contributed by atoms with Crippen LogP contribution < -0.4 is 0 Å². The van der Waals surface area contributed by atoms with E-state index in [-0.39, 0.29) is 0 Å². The first-order valence-corrected chi connectivity index (χ1v) is 18.7. The van der Waals surface area contributed by atoms with E-state index in [1.807, 2.05) is 18.2 Å². The molecular weight excluding hydrogens is 673 g/mol. The van der Waals surface area contributed by atoms with Crippen molar-refractivity contribution in [3.05, 3.63) is 170 Å². The fourth-order valence-corrected chi connectivity index (χ4v) is 9.33. The predicted octanol–water partition coefficient (Wildman–Crippen LogP) is 13.1. The van der Waals surface area contributed by atoms with Crippen molar-refractivity contribution in [2.24, 2.45) is 0 Å². The summed E-state index contributed by atoms with van der Waals surface area (Å²) >= 11 is 0. The number of benzene rings is 8. The van der Waals surface area contributed by atoms with E-state index < -0.39 is 0 Å². The van der Waals surface area contributed by atoms with Crippen LogP contribution in [0.1, 0.15) is 0 Å². The van der Waals surface area contributed by atoms with Crippen molar-refractivity contribution in [3.63, 3.8) is 0 Å². The molecule has 0 aliphatic rings. The topological polar surface area (TPSA) is 48.3 Å². The van der Waals surface area contributed by atoms with Gasteiger partial charge < -0.3 is 8.82 Å². The molecule has 0 saturated heterocycles. The Bertz CT molecular complexity index is 3700. The van der Waals surface area contributed by atoms with Crippen LogP contribution in [0.25, 0.3) is 121 Å². The second-order valence-corrected chi connectivity index (χ2v) is 14.5. The van der Waals surface area contributed by atoms with Gasteiger partial charge in [-0.25, -0.2) is 4.98 Å². The lowest BCUT2D eigenvalue weighted by atomic mass is 10.00. The van der Waals surface area contributed by atoms with E-state index in [4.69, 9.17) is 14.4 Å². The number of fused-ring (bicyclic) bond motifs is 15. The third kappa shape index (κ3) is 3.81. The van der Waals surface area contributed by atoms with Gasteiger partial charge >= 0.3 is 0 Å². The largest absolute Gasteiger partial charge is 0.437 e. The Kier molecular flexibility index (Phi) is 5.57. The molecule has 55 heavy (non-hydrogen) atoms. The maximum Gasteiger partial charge on any atom is 0.233 e. The van der Waals surface area contributed by atoms with Gasteiger partial charge in [0.2, 0.25) is 5.71 Å². The molecule has 0 radical (unpaired) electrons. The third-order valence-electron chi connectivity index (χ3n) is 11.7. The number of aromatic nitrogens is 4. The van der Waals surface area contributed by atoms with E-state index in [1.165, 1.54) is 65.2 Å². The van der Waals surface area contributed by atoms with Gasteiger partial charge in [0.1, 0.15) is 5.58 Å². The summed E-state index contributed by atoms with van der Waals surface area (Å²) in [6, 6.07) is 60.5. The molecule has 13 rings (SSSR count). The van der Waals surface area contributed by atoms with Crippen LogP contribution in [0.2, 0.25) is 0 Å². The van der Waals surface area contributed by atoms with E-state index in [1.54, 1.807) is 0 Å². The van der Waals surface area contributed by atoms with E-state index in [0.717, 1.165) is 44.3 Å². The zero-order chi connectivity index (χ0) is 35.8. The number of nitrogens with zero attached hydrogens (tertiary/aromatic N) is 4. The molecule has 0 aliphatic heterocycles. The van der Waals surface area contributed by atoms with Gasteiger partial charge in [-0.1, -0.05) is 146 Å². The lowest BCUT2D eigenvalue weighted by Gasteiger charge is -2.11. The van der Waals surface area contributed by atoms with E-state index >= 15 is 0 Å². The second kappa shape index (κ2) is 10.6. The van der Waals surface area contributed by atoms with Gasteiger partial charge in [-0.15, -0.1) is 0 Å². The molecule has 0 bridgehead atoms. The minimum atomic E-state index is 0.568. The summed E-state index contributed by atoms with van der Waals surface area (Å²) in [5.41, 5.74) is 10.5. The van der Waals surface area contributed by atoms with Crippen molar-refractivity contribution < 1.29 is 4.42 Å². The van der Waals surface area contributed by atoms with Crippen molar-refractivity contribution in [1.82, 2.24) is 18.9 Å². The SMILES string of the molecule is c1ccc(-c2ccc(-c3nc(-n4c5ccccc5c5c6c7ccc8ccccc8c7n7c8ccccc8c(cc54)c67)c4c(n3)oc3ccccc34)cc2)cc1. The number of para-hydroxylation sites is 3. The Morgan fingerprint density at radius 3 is 1.93 bits per heavy atom. The molecule has 0 fully saturated rings. The molecule has 254 valence electrons. The maximum absolute atomic E-state index is 6.56. The molecule has 5 aromatic heterocycles. The van der Waals surface area contributed by atoms with E-state index in [9.17, 15) is 0 Å². The van der Waals surface area contributed by atoms with Crippen LogP contribution in [-0.2, 0) is 0 Å². The average Bonchev–Trinajstić information content (AvgIpc) is 3.99. The molecule has 0 saturated carbocycles. The molecule has 0 spiro atoms. The van der Waals surface area contributed by atoms with Gasteiger partial charge in [-0.2, -0.15) is 4.98 Å². The molecule has 0 amide bonds. The van der Waals surface area contributed by atoms with Crippen LogP contribution in [-0.4, -0.2) is 18.9 Å². The highest BCUT2D eigenvalue weighted by Gasteiger charge is 2.27. The van der Waals surface area contributed by atoms with Crippen LogP contribution in [0.4, 0.5) is 0 Å². The summed E-state index contributed by atoms with van der Waals surface area (Å²) in [5.74, 6) is 1.42. The molecule has 5 heteroatoms. The fourth-order valence-electron chi connectivity index (χ4n) is 9.33. The molecule has 0 N–H and O–H groups in total. The van der Waals surface area contributed by atoms with Crippen LogP contribution in [0, 0.1) is 0 Å². The normalized spacial score (nSPS) is 12.4. The number of hydrogen-bond donors (Lipinski definition) is 0. The van der Waals surface area contributed by atoms with E-state index in [2.05, 4.69) is 161 Å². The fraction of sp³-hybridized carbons (Fsp3) is 0. The molecule has 0 aliphatic carbocycles. The molecule has 0 atom stereocenters. The van der Waals surface area contributed by atoms with Crippen LogP contribution in [0.15, 0.2) is 174 Å². The van der Waals surface area contributed by atoms with Crippen molar-refractivity contribution in [2.45, 2.75) is 0 Å². The molecule has 8 aromatic carbocycles. The second-order valence-electron chi connectivity index (χ2n) is 14.5. The third-order valence-corrected chi connectivity index (χ3v) is 11.7. The first-order valence-electron chi connectivity index (χ1n) is 18.7. The van der Waals surface area contributed by atoms with Crippen LogP contribution in [0.5, 0.6) is 0 Å². The first-order chi connectivity index (χ1) is 27.3. The van der Waals surface area contributed by atoms with Crippen molar-refractivity contribution in [3.8, 4) is 28.3 Å². The summed E-state index contributed by atoms with van der Waals surface area (Å²) in [4.78, 5) is 10.6. The zero-order valence-corrected chi connectivity index (χ0v) is 29.4. The lowest BCUT2D eigenvalue weighted by Crippen LogP contribution is -2.02. The van der Waals surface area contributed by atoms with Crippen LogP contribution >= 0.6 is 0 Å². The summed E-state index contributed by atoms with van der Waals surface area (Å²) < 4.78 is 11.4. The average molecular weight is 701 g/mol. The number of rotatable bonds is 3. The Morgan fingerprint density at radius 1 is 0.400 bits per heavy atom. The van der Waals surface area contributed by atoms with Crippen molar-refractivity contribution in [2.75, 3.05) is 0 Å². The highest BCUT2D eigenvalue weighted by Crippen LogP contribution is 2.48. The molecular formula is C50H28N4O. The van der Waals surface area contributed by atoms with Gasteiger partial charge in [0, 0.05) is 48.7 Å². The highest BCUT2D eigenvalue weighted by molar-refractivity contribution is 6.37. The smallest absolute Gasteiger partial charge is 0.233 e. The summed E-state index contributed by atoms with van der Waals surface area (Å²) in [5, 5.41) is 11.7. The molecule has 0 unspecified atom stereocenters. The summed E-state index contributed by atoms with van der Waals surface area (Å²) in [7, 11) is 0. The monoisotopic (exact) mass is 700 g/mol. The van der Waals surface area contributed by atoms with Gasteiger partial charge in [0.15, 0.2) is 11.6 Å². The first kappa shape index (κ1) is 29.0. The quantitative estimate of drug-likeness (QED) is 0.184. The highest BCUT2D eigenvalue weighted by atomic mass is 16.3. The number of hydrogen-bond acceptors (Lipinski definition) is 3. The Morgan fingerprint density at radius 2 is 1.07 bits per heavy atom. The minimum absolute atomic E-state index is 0.568. The summed E-state index contributed by atoms with van der Waals surface area (Å²) in [6.45, 7) is 0.